The van der Waals surface area contributed by atoms with Gasteiger partial charge in [-0.1, -0.05) is 55.1 Å². The summed E-state index contributed by atoms with van der Waals surface area (Å²) in [5.41, 5.74) is 4.17. The summed E-state index contributed by atoms with van der Waals surface area (Å²) < 4.78 is 7.06. The first-order valence-corrected chi connectivity index (χ1v) is 7.32. The van der Waals surface area contributed by atoms with Crippen LogP contribution in [0, 0.1) is 0 Å². The van der Waals surface area contributed by atoms with Crippen LogP contribution in [-0.4, -0.2) is 22.0 Å². The number of aromatic hydroxyl groups is 1. The lowest BCUT2D eigenvalue weighted by Crippen LogP contribution is -2.04. The number of nitrogens with zero attached hydrogens (tertiary/aromatic N) is 2. The lowest BCUT2D eigenvalue weighted by Gasteiger charge is -2.07. The molecule has 0 saturated heterocycles. The van der Waals surface area contributed by atoms with Crippen LogP contribution in [0.2, 0.25) is 0 Å². The number of methoxy groups -OCH3 is 1. The van der Waals surface area contributed by atoms with Crippen molar-refractivity contribution in [2.24, 2.45) is 0 Å². The first kappa shape index (κ1) is 15.1. The van der Waals surface area contributed by atoms with Crippen molar-refractivity contribution in [3.05, 3.63) is 66.7 Å². The van der Waals surface area contributed by atoms with E-state index in [9.17, 15) is 5.11 Å². The molecule has 2 aromatic carbocycles. The summed E-state index contributed by atoms with van der Waals surface area (Å²) in [4.78, 5) is 0. The second kappa shape index (κ2) is 6.50. The van der Waals surface area contributed by atoms with Crippen molar-refractivity contribution in [1.29, 1.82) is 0 Å². The maximum Gasteiger partial charge on any atom is 0.139 e. The van der Waals surface area contributed by atoms with Gasteiger partial charge in [-0.3, -0.25) is 0 Å². The third-order valence-electron chi connectivity index (χ3n) is 3.65. The highest BCUT2D eigenvalue weighted by molar-refractivity contribution is 5.84. The van der Waals surface area contributed by atoms with Crippen LogP contribution in [0.5, 0.6) is 5.75 Å². The molecule has 116 valence electrons. The molecule has 1 heterocycles. The van der Waals surface area contributed by atoms with Gasteiger partial charge in [-0.15, -0.1) is 0 Å². The van der Waals surface area contributed by atoms with Crippen molar-refractivity contribution < 1.29 is 9.84 Å². The number of aromatic nitrogens is 2. The topological polar surface area (TPSA) is 47.3 Å². The zero-order chi connectivity index (χ0) is 16.2. The minimum absolute atomic E-state index is 0.192. The van der Waals surface area contributed by atoms with Crippen LogP contribution in [-0.2, 0) is 11.5 Å². The standard InChI is InChI=1S/C19H18N2O2/c1-3-15-18(16-11-7-8-12-17(16)22)20-21(13-23-2)19(15)14-9-5-4-6-10-14/h3-12,22H,1,13H2,2H3. The summed E-state index contributed by atoms with van der Waals surface area (Å²) >= 11 is 0. The van der Waals surface area contributed by atoms with E-state index in [2.05, 4.69) is 11.7 Å². The maximum atomic E-state index is 10.2. The average Bonchev–Trinajstić information content (AvgIpc) is 2.94. The van der Waals surface area contributed by atoms with Crippen molar-refractivity contribution in [3.8, 4) is 28.3 Å². The molecule has 0 unspecified atom stereocenters. The third kappa shape index (κ3) is 2.76. The average molecular weight is 306 g/mol. The van der Waals surface area contributed by atoms with Crippen molar-refractivity contribution in [1.82, 2.24) is 9.78 Å². The van der Waals surface area contributed by atoms with Gasteiger partial charge >= 0.3 is 0 Å². The number of phenolic OH excluding ortho intramolecular Hbond substituents is 1. The molecular weight excluding hydrogens is 288 g/mol. The van der Waals surface area contributed by atoms with Crippen LogP contribution in [0.1, 0.15) is 5.56 Å². The van der Waals surface area contributed by atoms with Crippen molar-refractivity contribution in [2.45, 2.75) is 6.73 Å². The minimum Gasteiger partial charge on any atom is -0.507 e. The summed E-state index contributed by atoms with van der Waals surface area (Å²) in [6, 6.07) is 17.1. The lowest BCUT2D eigenvalue weighted by molar-refractivity contribution is 0.122. The largest absolute Gasteiger partial charge is 0.507 e. The molecule has 0 atom stereocenters. The summed E-state index contributed by atoms with van der Waals surface area (Å²) in [6.45, 7) is 4.25. The van der Waals surface area contributed by atoms with Gasteiger partial charge in [0.25, 0.3) is 0 Å². The summed E-state index contributed by atoms with van der Waals surface area (Å²) in [7, 11) is 1.63. The Morgan fingerprint density at radius 1 is 1.13 bits per heavy atom. The molecule has 3 aromatic rings. The van der Waals surface area contributed by atoms with Gasteiger partial charge in [0.1, 0.15) is 18.2 Å². The quantitative estimate of drug-likeness (QED) is 0.769. The molecule has 0 bridgehead atoms. The number of rotatable bonds is 5. The summed E-state index contributed by atoms with van der Waals surface area (Å²) in [6.07, 6.45) is 1.77. The van der Waals surface area contributed by atoms with Crippen LogP contribution in [0.15, 0.2) is 61.2 Å². The van der Waals surface area contributed by atoms with Crippen LogP contribution in [0.4, 0.5) is 0 Å². The fourth-order valence-corrected chi connectivity index (χ4v) is 2.66. The predicted octanol–water partition coefficient (Wildman–Crippen LogP) is 4.17. The number of para-hydroxylation sites is 1. The Hall–Kier alpha value is -2.85. The second-order valence-corrected chi connectivity index (χ2v) is 5.12. The Bertz CT molecular complexity index is 823. The predicted molar refractivity (Wildman–Crippen MR) is 91.9 cm³/mol. The molecule has 0 fully saturated rings. The van der Waals surface area contributed by atoms with Crippen molar-refractivity contribution in [2.75, 3.05) is 7.11 Å². The van der Waals surface area contributed by atoms with E-state index in [-0.39, 0.29) is 5.75 Å². The molecule has 0 radical (unpaired) electrons. The van der Waals surface area contributed by atoms with Gasteiger partial charge < -0.3 is 9.84 Å². The van der Waals surface area contributed by atoms with E-state index >= 15 is 0 Å². The van der Waals surface area contributed by atoms with E-state index in [1.165, 1.54) is 0 Å². The molecule has 4 heteroatoms. The number of hydrogen-bond donors (Lipinski definition) is 1. The van der Waals surface area contributed by atoms with Crippen LogP contribution < -0.4 is 0 Å². The first-order chi connectivity index (χ1) is 11.3. The molecule has 0 aliphatic rings. The fraction of sp³-hybridized carbons (Fsp3) is 0.105. The summed E-state index contributed by atoms with van der Waals surface area (Å²) in [5, 5.41) is 14.8. The van der Waals surface area contributed by atoms with Gasteiger partial charge in [-0.25, -0.2) is 4.68 Å². The number of hydrogen-bond acceptors (Lipinski definition) is 3. The van der Waals surface area contributed by atoms with Gasteiger partial charge in [-0.05, 0) is 12.1 Å². The molecule has 1 N–H and O–H groups in total. The van der Waals surface area contributed by atoms with E-state index in [1.807, 2.05) is 42.5 Å². The molecule has 4 nitrogen and oxygen atoms in total. The van der Waals surface area contributed by atoms with Gasteiger partial charge in [0.2, 0.25) is 0 Å². The zero-order valence-corrected chi connectivity index (χ0v) is 12.9. The number of ether oxygens (including phenoxy) is 1. The lowest BCUT2D eigenvalue weighted by atomic mass is 10.0. The Labute approximate surface area is 135 Å². The van der Waals surface area contributed by atoms with Gasteiger partial charge in [0.05, 0.1) is 5.69 Å². The van der Waals surface area contributed by atoms with Crippen molar-refractivity contribution >= 4 is 6.08 Å². The third-order valence-corrected chi connectivity index (χ3v) is 3.65. The second-order valence-electron chi connectivity index (χ2n) is 5.12. The van der Waals surface area contributed by atoms with E-state index in [4.69, 9.17) is 4.74 Å². The maximum absolute atomic E-state index is 10.2. The number of phenols is 1. The van der Waals surface area contributed by atoms with Crippen LogP contribution >= 0.6 is 0 Å². The molecule has 0 aliphatic heterocycles. The molecule has 0 aliphatic carbocycles. The fourth-order valence-electron chi connectivity index (χ4n) is 2.66. The minimum atomic E-state index is 0.192. The smallest absolute Gasteiger partial charge is 0.139 e. The van der Waals surface area contributed by atoms with Gasteiger partial charge in [0, 0.05) is 23.8 Å². The Kier molecular flexibility index (Phi) is 4.26. The molecule has 23 heavy (non-hydrogen) atoms. The monoisotopic (exact) mass is 306 g/mol. The van der Waals surface area contributed by atoms with Gasteiger partial charge in [-0.2, -0.15) is 5.10 Å². The van der Waals surface area contributed by atoms with E-state index in [0.717, 1.165) is 16.8 Å². The Balaban J connectivity index is 2.27. The van der Waals surface area contributed by atoms with Gasteiger partial charge in [0.15, 0.2) is 0 Å². The van der Waals surface area contributed by atoms with Crippen LogP contribution in [0.25, 0.3) is 28.6 Å². The highest BCUT2D eigenvalue weighted by Crippen LogP contribution is 2.36. The molecule has 0 amide bonds. The highest BCUT2D eigenvalue weighted by atomic mass is 16.5. The SMILES string of the molecule is C=Cc1c(-c2ccccc2O)nn(COC)c1-c1ccccc1. The van der Waals surface area contributed by atoms with Crippen LogP contribution in [0.3, 0.4) is 0 Å². The zero-order valence-electron chi connectivity index (χ0n) is 12.9. The van der Waals surface area contributed by atoms with E-state index < -0.39 is 0 Å². The summed E-state index contributed by atoms with van der Waals surface area (Å²) in [5.74, 6) is 0.192. The molecule has 0 saturated carbocycles. The Morgan fingerprint density at radius 2 is 1.83 bits per heavy atom. The van der Waals surface area contributed by atoms with E-state index in [0.29, 0.717) is 18.0 Å². The molecule has 1 aromatic heterocycles. The van der Waals surface area contributed by atoms with E-state index in [1.54, 1.807) is 30.0 Å². The number of benzene rings is 2. The molecular formula is C19H18N2O2. The Morgan fingerprint density at radius 3 is 2.48 bits per heavy atom. The molecule has 0 spiro atoms. The van der Waals surface area contributed by atoms with Crippen molar-refractivity contribution in [3.63, 3.8) is 0 Å². The highest BCUT2D eigenvalue weighted by Gasteiger charge is 2.20. The molecule has 3 rings (SSSR count). The normalized spacial score (nSPS) is 10.7. The first-order valence-electron chi connectivity index (χ1n) is 7.32.